The lowest BCUT2D eigenvalue weighted by atomic mass is 9.80. The number of nitrogens with zero attached hydrogens (tertiary/aromatic N) is 1. The van der Waals surface area contributed by atoms with Crippen LogP contribution < -0.4 is 5.32 Å². The third kappa shape index (κ3) is 4.44. The highest BCUT2D eigenvalue weighted by Crippen LogP contribution is 2.33. The van der Waals surface area contributed by atoms with Crippen LogP contribution in [-0.2, 0) is 4.74 Å². The molecule has 0 spiro atoms. The highest BCUT2D eigenvalue weighted by Gasteiger charge is 2.41. The lowest BCUT2D eigenvalue weighted by Crippen LogP contribution is -2.60. The number of rotatable bonds is 11. The highest BCUT2D eigenvalue weighted by atomic mass is 16.5. The molecule has 1 saturated heterocycles. The van der Waals surface area contributed by atoms with Crippen LogP contribution in [0.5, 0.6) is 0 Å². The molecule has 3 nitrogen and oxygen atoms in total. The van der Waals surface area contributed by atoms with Gasteiger partial charge in [-0.3, -0.25) is 4.90 Å². The number of ether oxygens (including phenoxy) is 1. The van der Waals surface area contributed by atoms with Gasteiger partial charge in [0.25, 0.3) is 0 Å². The first-order chi connectivity index (χ1) is 9.75. The number of methoxy groups -OCH3 is 1. The molecule has 1 atom stereocenters. The Labute approximate surface area is 126 Å². The molecule has 1 aliphatic heterocycles. The molecular formula is C17H36N2O. The minimum absolute atomic E-state index is 0.347. The monoisotopic (exact) mass is 284 g/mol. The van der Waals surface area contributed by atoms with E-state index in [1.54, 1.807) is 0 Å². The van der Waals surface area contributed by atoms with E-state index in [2.05, 4.69) is 31.0 Å². The van der Waals surface area contributed by atoms with Gasteiger partial charge in [0.05, 0.1) is 0 Å². The molecule has 0 radical (unpaired) electrons. The quantitative estimate of drug-likeness (QED) is 0.588. The Hall–Kier alpha value is -0.120. The van der Waals surface area contributed by atoms with E-state index in [9.17, 15) is 0 Å². The Morgan fingerprint density at radius 3 is 2.30 bits per heavy atom. The van der Waals surface area contributed by atoms with Crippen LogP contribution in [0.2, 0.25) is 0 Å². The molecule has 0 amide bonds. The molecule has 0 aromatic rings. The second-order valence-corrected chi connectivity index (χ2v) is 6.15. The fraction of sp³-hybridized carbons (Fsp3) is 1.00. The van der Waals surface area contributed by atoms with Gasteiger partial charge in [-0.05, 0) is 64.6 Å². The zero-order chi connectivity index (χ0) is 14.8. The smallest absolute Gasteiger partial charge is 0.0462 e. The van der Waals surface area contributed by atoms with Gasteiger partial charge in [0.15, 0.2) is 0 Å². The van der Waals surface area contributed by atoms with Gasteiger partial charge >= 0.3 is 0 Å². The van der Waals surface area contributed by atoms with Crippen molar-refractivity contribution in [3.8, 4) is 0 Å². The SMILES string of the molecule is CCCNC(CCCOC)C(CC)(CC)N1CCCC1. The van der Waals surface area contributed by atoms with Crippen molar-refractivity contribution >= 4 is 0 Å². The topological polar surface area (TPSA) is 24.5 Å². The fourth-order valence-electron chi connectivity index (χ4n) is 3.88. The molecule has 120 valence electrons. The van der Waals surface area contributed by atoms with Crippen molar-refractivity contribution < 1.29 is 4.74 Å². The van der Waals surface area contributed by atoms with Gasteiger partial charge in [-0.2, -0.15) is 0 Å². The Balaban J connectivity index is 2.77. The first-order valence-corrected chi connectivity index (χ1v) is 8.72. The third-order valence-electron chi connectivity index (χ3n) is 5.09. The molecule has 1 heterocycles. The summed E-state index contributed by atoms with van der Waals surface area (Å²) in [5.41, 5.74) is 0.347. The van der Waals surface area contributed by atoms with Crippen molar-refractivity contribution in [1.82, 2.24) is 10.2 Å². The summed E-state index contributed by atoms with van der Waals surface area (Å²) >= 11 is 0. The molecule has 1 unspecified atom stereocenters. The van der Waals surface area contributed by atoms with Crippen LogP contribution in [0.25, 0.3) is 0 Å². The Kier molecular flexibility index (Phi) is 8.74. The maximum absolute atomic E-state index is 5.26. The Bertz CT molecular complexity index is 235. The fourth-order valence-corrected chi connectivity index (χ4v) is 3.88. The summed E-state index contributed by atoms with van der Waals surface area (Å²) in [7, 11) is 1.81. The molecule has 0 aromatic carbocycles. The average Bonchev–Trinajstić information content (AvgIpc) is 3.00. The van der Waals surface area contributed by atoms with Gasteiger partial charge in [0, 0.05) is 25.3 Å². The second-order valence-electron chi connectivity index (χ2n) is 6.15. The van der Waals surface area contributed by atoms with Crippen molar-refractivity contribution in [2.24, 2.45) is 0 Å². The minimum Gasteiger partial charge on any atom is -0.385 e. The van der Waals surface area contributed by atoms with Gasteiger partial charge < -0.3 is 10.1 Å². The average molecular weight is 284 g/mol. The zero-order valence-electron chi connectivity index (χ0n) is 14.2. The predicted octanol–water partition coefficient (Wildman–Crippen LogP) is 3.44. The van der Waals surface area contributed by atoms with E-state index < -0.39 is 0 Å². The van der Waals surface area contributed by atoms with Crippen LogP contribution in [0.1, 0.15) is 65.7 Å². The molecule has 1 N–H and O–H groups in total. The van der Waals surface area contributed by atoms with Crippen LogP contribution in [0, 0.1) is 0 Å². The van der Waals surface area contributed by atoms with Crippen molar-refractivity contribution in [3.05, 3.63) is 0 Å². The largest absolute Gasteiger partial charge is 0.385 e. The summed E-state index contributed by atoms with van der Waals surface area (Å²) in [6.45, 7) is 11.6. The summed E-state index contributed by atoms with van der Waals surface area (Å²) < 4.78 is 5.26. The van der Waals surface area contributed by atoms with E-state index in [0.717, 1.165) is 19.6 Å². The molecule has 20 heavy (non-hydrogen) atoms. The van der Waals surface area contributed by atoms with E-state index >= 15 is 0 Å². The highest BCUT2D eigenvalue weighted by molar-refractivity contribution is 5.00. The summed E-state index contributed by atoms with van der Waals surface area (Å²) in [6.07, 6.45) is 8.85. The van der Waals surface area contributed by atoms with Crippen LogP contribution >= 0.6 is 0 Å². The van der Waals surface area contributed by atoms with Crippen molar-refractivity contribution in [2.75, 3.05) is 33.4 Å². The number of nitrogens with one attached hydrogen (secondary N) is 1. The van der Waals surface area contributed by atoms with Crippen LogP contribution in [0.4, 0.5) is 0 Å². The molecule has 0 bridgehead atoms. The van der Waals surface area contributed by atoms with Crippen LogP contribution in [0.3, 0.4) is 0 Å². The zero-order valence-corrected chi connectivity index (χ0v) is 14.2. The van der Waals surface area contributed by atoms with Crippen LogP contribution in [0.15, 0.2) is 0 Å². The molecule has 0 aromatic heterocycles. The van der Waals surface area contributed by atoms with E-state index in [-0.39, 0.29) is 0 Å². The number of likely N-dealkylation sites (tertiary alicyclic amines) is 1. The van der Waals surface area contributed by atoms with Gasteiger partial charge in [-0.25, -0.2) is 0 Å². The van der Waals surface area contributed by atoms with E-state index in [1.807, 2.05) is 7.11 Å². The molecular weight excluding hydrogens is 248 g/mol. The lowest BCUT2D eigenvalue weighted by Gasteiger charge is -2.47. The number of hydrogen-bond donors (Lipinski definition) is 1. The number of hydrogen-bond acceptors (Lipinski definition) is 3. The normalized spacial score (nSPS) is 18.6. The van der Waals surface area contributed by atoms with Crippen LogP contribution in [-0.4, -0.2) is 49.8 Å². The first-order valence-electron chi connectivity index (χ1n) is 8.72. The summed E-state index contributed by atoms with van der Waals surface area (Å²) in [4.78, 5) is 2.77. The molecule has 0 aliphatic carbocycles. The van der Waals surface area contributed by atoms with Gasteiger partial charge in [-0.15, -0.1) is 0 Å². The van der Waals surface area contributed by atoms with Gasteiger partial charge in [-0.1, -0.05) is 20.8 Å². The molecule has 1 rings (SSSR count). The summed E-state index contributed by atoms with van der Waals surface area (Å²) in [5, 5.41) is 3.85. The predicted molar refractivity (Wildman–Crippen MR) is 87.3 cm³/mol. The van der Waals surface area contributed by atoms with E-state index in [0.29, 0.717) is 11.6 Å². The lowest BCUT2D eigenvalue weighted by molar-refractivity contribution is 0.0543. The standard InChI is InChI=1S/C17H36N2O/c1-5-12-18-16(11-10-15-20-4)17(6-2,7-3)19-13-8-9-14-19/h16,18H,5-15H2,1-4H3. The Morgan fingerprint density at radius 2 is 1.80 bits per heavy atom. The first kappa shape index (κ1) is 17.9. The van der Waals surface area contributed by atoms with Gasteiger partial charge in [0.1, 0.15) is 0 Å². The molecule has 1 fully saturated rings. The summed E-state index contributed by atoms with van der Waals surface area (Å²) in [6, 6.07) is 0.602. The molecule has 0 saturated carbocycles. The van der Waals surface area contributed by atoms with Crippen molar-refractivity contribution in [1.29, 1.82) is 0 Å². The molecule has 1 aliphatic rings. The maximum Gasteiger partial charge on any atom is 0.0462 e. The van der Waals surface area contributed by atoms with Crippen molar-refractivity contribution in [3.63, 3.8) is 0 Å². The van der Waals surface area contributed by atoms with E-state index in [1.165, 1.54) is 51.6 Å². The maximum atomic E-state index is 5.26. The third-order valence-corrected chi connectivity index (χ3v) is 5.09. The van der Waals surface area contributed by atoms with Gasteiger partial charge in [0.2, 0.25) is 0 Å². The Morgan fingerprint density at radius 1 is 1.15 bits per heavy atom. The van der Waals surface area contributed by atoms with Crippen molar-refractivity contribution in [2.45, 2.75) is 77.3 Å². The minimum atomic E-state index is 0.347. The second kappa shape index (κ2) is 9.75. The molecule has 3 heteroatoms. The van der Waals surface area contributed by atoms with E-state index in [4.69, 9.17) is 4.74 Å². The summed E-state index contributed by atoms with van der Waals surface area (Å²) in [5.74, 6) is 0.